The maximum atomic E-state index is 8.96. The molecule has 80 valence electrons. The summed E-state index contributed by atoms with van der Waals surface area (Å²) in [4.78, 5) is 0. The lowest BCUT2D eigenvalue weighted by Gasteiger charge is -2.31. The fraction of sp³-hybridized carbons (Fsp3) is 0.917. The Morgan fingerprint density at radius 2 is 2.00 bits per heavy atom. The van der Waals surface area contributed by atoms with Gasteiger partial charge in [0, 0.05) is 12.1 Å². The lowest BCUT2D eigenvalue weighted by Crippen LogP contribution is -2.45. The Hall–Kier alpha value is -0.550. The summed E-state index contributed by atoms with van der Waals surface area (Å²) < 4.78 is 0. The molecule has 14 heavy (non-hydrogen) atoms. The third-order valence-electron chi connectivity index (χ3n) is 3.44. The van der Waals surface area contributed by atoms with Gasteiger partial charge in [-0.1, -0.05) is 27.2 Å². The molecule has 1 aliphatic rings. The van der Waals surface area contributed by atoms with Gasteiger partial charge in [-0.25, -0.2) is 0 Å². The summed E-state index contributed by atoms with van der Waals surface area (Å²) in [7, 11) is 0. The molecule has 1 saturated carbocycles. The van der Waals surface area contributed by atoms with Crippen molar-refractivity contribution >= 4 is 0 Å². The highest BCUT2D eigenvalue weighted by Crippen LogP contribution is 2.27. The monoisotopic (exact) mass is 194 g/mol. The second-order valence-electron chi connectivity index (χ2n) is 5.53. The molecule has 0 aliphatic heterocycles. The molecule has 0 radical (unpaired) electrons. The van der Waals surface area contributed by atoms with Crippen LogP contribution in [-0.4, -0.2) is 12.1 Å². The molecule has 0 spiro atoms. The van der Waals surface area contributed by atoms with Crippen LogP contribution in [0.25, 0.3) is 0 Å². The topological polar surface area (TPSA) is 35.8 Å². The number of nitriles is 1. The van der Waals surface area contributed by atoms with Gasteiger partial charge in [0.1, 0.15) is 0 Å². The number of hydrogen-bond acceptors (Lipinski definition) is 2. The van der Waals surface area contributed by atoms with Gasteiger partial charge in [-0.2, -0.15) is 5.26 Å². The highest BCUT2D eigenvalue weighted by molar-refractivity contribution is 4.98. The van der Waals surface area contributed by atoms with E-state index in [0.717, 1.165) is 6.42 Å². The Labute approximate surface area is 87.7 Å². The van der Waals surface area contributed by atoms with Gasteiger partial charge in [0.25, 0.3) is 0 Å². The van der Waals surface area contributed by atoms with Crippen LogP contribution in [0, 0.1) is 22.7 Å². The van der Waals surface area contributed by atoms with E-state index in [1.165, 1.54) is 12.8 Å². The first-order valence-corrected chi connectivity index (χ1v) is 5.61. The average Bonchev–Trinajstić information content (AvgIpc) is 2.50. The summed E-state index contributed by atoms with van der Waals surface area (Å²) in [5, 5.41) is 12.6. The summed E-state index contributed by atoms with van der Waals surface area (Å²) in [6, 6.07) is 3.31. The van der Waals surface area contributed by atoms with Crippen molar-refractivity contribution in [3.8, 4) is 6.07 Å². The lowest BCUT2D eigenvalue weighted by molar-refractivity contribution is 0.253. The van der Waals surface area contributed by atoms with E-state index in [1.54, 1.807) is 0 Å². The standard InChI is InChI=1S/C12H22N2/c1-9(12(2,3)4)14-11-7-5-6-10(11)8-13/h9-11,14H,5-7H2,1-4H3. The van der Waals surface area contributed by atoms with Gasteiger partial charge in [0.2, 0.25) is 0 Å². The maximum absolute atomic E-state index is 8.96. The van der Waals surface area contributed by atoms with Crippen molar-refractivity contribution < 1.29 is 0 Å². The van der Waals surface area contributed by atoms with Gasteiger partial charge in [-0.3, -0.25) is 0 Å². The summed E-state index contributed by atoms with van der Waals surface area (Å²) in [5.41, 5.74) is 0.280. The van der Waals surface area contributed by atoms with E-state index in [1.807, 2.05) is 0 Å². The first kappa shape index (κ1) is 11.5. The zero-order valence-electron chi connectivity index (χ0n) is 9.80. The van der Waals surface area contributed by atoms with Crippen LogP contribution in [0.3, 0.4) is 0 Å². The quantitative estimate of drug-likeness (QED) is 0.733. The highest BCUT2D eigenvalue weighted by atomic mass is 15.0. The van der Waals surface area contributed by atoms with Crippen LogP contribution in [0.4, 0.5) is 0 Å². The van der Waals surface area contributed by atoms with Crippen molar-refractivity contribution in [3.63, 3.8) is 0 Å². The molecule has 1 fully saturated rings. The molecular formula is C12H22N2. The van der Waals surface area contributed by atoms with E-state index in [-0.39, 0.29) is 11.3 Å². The fourth-order valence-electron chi connectivity index (χ4n) is 1.89. The number of rotatable bonds is 2. The van der Waals surface area contributed by atoms with Crippen molar-refractivity contribution in [2.45, 2.75) is 59.0 Å². The Morgan fingerprint density at radius 3 is 2.50 bits per heavy atom. The molecule has 1 N–H and O–H groups in total. The van der Waals surface area contributed by atoms with Crippen molar-refractivity contribution in [3.05, 3.63) is 0 Å². The summed E-state index contributed by atoms with van der Waals surface area (Å²) in [6.45, 7) is 8.93. The molecule has 3 atom stereocenters. The largest absolute Gasteiger partial charge is 0.310 e. The summed E-state index contributed by atoms with van der Waals surface area (Å²) in [6.07, 6.45) is 3.44. The second kappa shape index (κ2) is 4.31. The van der Waals surface area contributed by atoms with Crippen molar-refractivity contribution in [1.29, 1.82) is 5.26 Å². The van der Waals surface area contributed by atoms with Crippen LogP contribution in [0.15, 0.2) is 0 Å². The van der Waals surface area contributed by atoms with Gasteiger partial charge in [-0.15, -0.1) is 0 Å². The zero-order valence-corrected chi connectivity index (χ0v) is 9.80. The van der Waals surface area contributed by atoms with E-state index >= 15 is 0 Å². The summed E-state index contributed by atoms with van der Waals surface area (Å²) in [5.74, 6) is 0.236. The Balaban J connectivity index is 2.48. The molecule has 3 unspecified atom stereocenters. The SMILES string of the molecule is CC(NC1CCCC1C#N)C(C)(C)C. The Morgan fingerprint density at radius 1 is 1.36 bits per heavy atom. The van der Waals surface area contributed by atoms with Crippen LogP contribution in [-0.2, 0) is 0 Å². The van der Waals surface area contributed by atoms with Gasteiger partial charge in [0.05, 0.1) is 12.0 Å². The highest BCUT2D eigenvalue weighted by Gasteiger charge is 2.30. The minimum absolute atomic E-state index is 0.236. The lowest BCUT2D eigenvalue weighted by atomic mass is 9.87. The van der Waals surface area contributed by atoms with Crippen molar-refractivity contribution in [1.82, 2.24) is 5.32 Å². The molecule has 0 aromatic rings. The van der Waals surface area contributed by atoms with Crippen LogP contribution in [0.2, 0.25) is 0 Å². The minimum atomic E-state index is 0.236. The predicted octanol–water partition coefficient (Wildman–Crippen LogP) is 2.70. The van der Waals surface area contributed by atoms with Crippen LogP contribution >= 0.6 is 0 Å². The van der Waals surface area contributed by atoms with Gasteiger partial charge < -0.3 is 5.32 Å². The first-order chi connectivity index (χ1) is 6.45. The first-order valence-electron chi connectivity index (χ1n) is 5.61. The van der Waals surface area contributed by atoms with E-state index in [2.05, 4.69) is 39.1 Å². The normalized spacial score (nSPS) is 29.9. The molecule has 1 rings (SSSR count). The molecule has 2 nitrogen and oxygen atoms in total. The van der Waals surface area contributed by atoms with Gasteiger partial charge in [-0.05, 0) is 25.2 Å². The molecule has 0 bridgehead atoms. The Bertz CT molecular complexity index is 221. The van der Waals surface area contributed by atoms with Crippen molar-refractivity contribution in [2.24, 2.45) is 11.3 Å². The molecular weight excluding hydrogens is 172 g/mol. The molecule has 0 amide bonds. The molecule has 0 heterocycles. The van der Waals surface area contributed by atoms with E-state index in [9.17, 15) is 0 Å². The zero-order chi connectivity index (χ0) is 10.8. The number of nitrogens with one attached hydrogen (secondary N) is 1. The smallest absolute Gasteiger partial charge is 0.0672 e. The van der Waals surface area contributed by atoms with E-state index < -0.39 is 0 Å². The predicted molar refractivity (Wildman–Crippen MR) is 58.8 cm³/mol. The number of hydrogen-bond donors (Lipinski definition) is 1. The van der Waals surface area contributed by atoms with Crippen LogP contribution < -0.4 is 5.32 Å². The van der Waals surface area contributed by atoms with Crippen molar-refractivity contribution in [2.75, 3.05) is 0 Å². The van der Waals surface area contributed by atoms with E-state index in [0.29, 0.717) is 12.1 Å². The summed E-state index contributed by atoms with van der Waals surface area (Å²) >= 11 is 0. The third-order valence-corrected chi connectivity index (χ3v) is 3.44. The Kier molecular flexibility index (Phi) is 3.55. The van der Waals surface area contributed by atoms with Gasteiger partial charge >= 0.3 is 0 Å². The second-order valence-corrected chi connectivity index (χ2v) is 5.53. The fourth-order valence-corrected chi connectivity index (χ4v) is 1.89. The molecule has 2 heteroatoms. The molecule has 1 aliphatic carbocycles. The minimum Gasteiger partial charge on any atom is -0.310 e. The van der Waals surface area contributed by atoms with Crippen LogP contribution in [0.5, 0.6) is 0 Å². The average molecular weight is 194 g/mol. The molecule has 0 saturated heterocycles. The molecule has 0 aromatic heterocycles. The van der Waals surface area contributed by atoms with Gasteiger partial charge in [0.15, 0.2) is 0 Å². The van der Waals surface area contributed by atoms with Crippen LogP contribution in [0.1, 0.15) is 47.0 Å². The van der Waals surface area contributed by atoms with E-state index in [4.69, 9.17) is 5.26 Å². The number of nitrogens with zero attached hydrogens (tertiary/aromatic N) is 1. The third kappa shape index (κ3) is 2.72. The molecule has 0 aromatic carbocycles. The maximum Gasteiger partial charge on any atom is 0.0672 e.